The Bertz CT molecular complexity index is 3340. The van der Waals surface area contributed by atoms with E-state index in [1.165, 1.54) is 56.3 Å². The molecule has 21 nitrogen and oxygen atoms in total. The Hall–Kier alpha value is -6.45. The van der Waals surface area contributed by atoms with E-state index in [0.29, 0.717) is 11.1 Å². The summed E-state index contributed by atoms with van der Waals surface area (Å²) in [5.74, 6) is -1.40. The van der Waals surface area contributed by atoms with Crippen LogP contribution in [-0.2, 0) is 40.5 Å². The number of azo groups is 2. The van der Waals surface area contributed by atoms with Crippen LogP contribution in [0.25, 0.3) is 21.5 Å². The lowest BCUT2D eigenvalue weighted by Gasteiger charge is -2.13. The zero-order valence-electron chi connectivity index (χ0n) is 30.4. The van der Waals surface area contributed by atoms with Crippen molar-refractivity contribution in [1.29, 1.82) is 0 Å². The molecule has 0 atom stereocenters. The Morgan fingerprint density at radius 1 is 0.533 bits per heavy atom. The summed E-state index contributed by atoms with van der Waals surface area (Å²) >= 11 is 0. The minimum Gasteiger partial charge on any atom is -0.507 e. The number of hydrogen-bond donors (Lipinski definition) is 8. The second-order valence-corrected chi connectivity index (χ2v) is 18.4. The van der Waals surface area contributed by atoms with E-state index in [0.717, 1.165) is 42.5 Å². The van der Waals surface area contributed by atoms with Gasteiger partial charge in [-0.3, -0.25) is 18.2 Å². The summed E-state index contributed by atoms with van der Waals surface area (Å²) < 4.78 is 136. The molecule has 0 saturated carbocycles. The van der Waals surface area contributed by atoms with E-state index in [1.54, 1.807) is 0 Å². The first-order valence-corrected chi connectivity index (χ1v) is 22.2. The third kappa shape index (κ3) is 9.37. The van der Waals surface area contributed by atoms with Crippen LogP contribution in [0.1, 0.15) is 11.1 Å². The van der Waals surface area contributed by atoms with Crippen molar-refractivity contribution in [1.82, 2.24) is 0 Å². The first kappa shape index (κ1) is 43.1. The normalized spacial score (nSPS) is 12.8. The number of benzene rings is 6. The molecule has 0 aliphatic rings. The average Bonchev–Trinajstić information content (AvgIpc) is 3.12. The maximum atomic E-state index is 13.1. The van der Waals surface area contributed by atoms with E-state index >= 15 is 0 Å². The van der Waals surface area contributed by atoms with Crippen LogP contribution < -0.4 is 10.6 Å². The van der Waals surface area contributed by atoms with E-state index < -0.39 is 94.6 Å². The summed E-state index contributed by atoms with van der Waals surface area (Å²) in [6, 6.07) is 15.2. The number of phenols is 2. The number of amides is 2. The lowest BCUT2D eigenvalue weighted by molar-refractivity contribution is 0.262. The lowest BCUT2D eigenvalue weighted by Crippen LogP contribution is -2.19. The molecule has 0 bridgehead atoms. The summed E-state index contributed by atoms with van der Waals surface area (Å²) in [7, 11) is -19.6. The molecule has 2 amide bonds. The Morgan fingerprint density at radius 2 is 1.15 bits per heavy atom. The van der Waals surface area contributed by atoms with Gasteiger partial charge in [-0.2, -0.15) is 38.8 Å². The van der Waals surface area contributed by atoms with E-state index in [4.69, 9.17) is 0 Å². The predicted molar refractivity (Wildman–Crippen MR) is 214 cm³/mol. The number of fused-ring (bicyclic) bond motifs is 2. The monoisotopic (exact) mass is 900 g/mol. The van der Waals surface area contributed by atoms with Gasteiger partial charge in [-0.05, 0) is 97.1 Å². The van der Waals surface area contributed by atoms with Gasteiger partial charge < -0.3 is 20.8 Å². The van der Waals surface area contributed by atoms with Crippen LogP contribution in [0.2, 0.25) is 0 Å². The molecule has 6 rings (SSSR count). The first-order valence-electron chi connectivity index (χ1n) is 16.4. The molecule has 6 aromatic rings. The Morgan fingerprint density at radius 3 is 1.77 bits per heavy atom. The summed E-state index contributed by atoms with van der Waals surface area (Å²) in [4.78, 5) is 10.1. The van der Waals surface area contributed by atoms with Crippen molar-refractivity contribution in [3.8, 4) is 11.5 Å². The summed E-state index contributed by atoms with van der Waals surface area (Å²) in [6.07, 6.45) is 0. The predicted octanol–water partition coefficient (Wildman–Crippen LogP) is 7.48. The second-order valence-electron chi connectivity index (χ2n) is 12.9. The molecular formula is C35H28N6O15S4. The molecule has 0 saturated heterocycles. The molecule has 6 aromatic carbocycles. The Balaban J connectivity index is 1.29. The van der Waals surface area contributed by atoms with Gasteiger partial charge in [-0.1, -0.05) is 12.1 Å². The number of carbonyl (C=O) groups is 1. The fraction of sp³-hybridized carbons (Fsp3) is 0.0571. The number of aryl methyl sites for hydroxylation is 2. The van der Waals surface area contributed by atoms with Crippen LogP contribution in [0.15, 0.2) is 125 Å². The van der Waals surface area contributed by atoms with Crippen LogP contribution in [0.3, 0.4) is 0 Å². The van der Waals surface area contributed by atoms with Crippen molar-refractivity contribution in [2.75, 3.05) is 10.6 Å². The smallest absolute Gasteiger partial charge is 0.323 e. The third-order valence-electron chi connectivity index (χ3n) is 8.41. The van der Waals surface area contributed by atoms with E-state index in [9.17, 15) is 66.9 Å². The summed E-state index contributed by atoms with van der Waals surface area (Å²) in [5.41, 5.74) is -1.10. The topological polar surface area (TPSA) is 349 Å². The molecule has 25 heteroatoms. The molecule has 0 fully saturated rings. The molecular weight excluding hydrogens is 873 g/mol. The quantitative estimate of drug-likeness (QED) is 0.0488. The molecule has 0 radical (unpaired) electrons. The van der Waals surface area contributed by atoms with Gasteiger partial charge in [0.05, 0.1) is 10.6 Å². The van der Waals surface area contributed by atoms with Crippen LogP contribution in [0, 0.1) is 13.8 Å². The van der Waals surface area contributed by atoms with Crippen LogP contribution in [0.5, 0.6) is 11.5 Å². The zero-order chi connectivity index (χ0) is 44.1. The Kier molecular flexibility index (Phi) is 11.2. The standard InChI is InChI=1S/C35H28N6O15S4/c1-17-3-8-27(30(11-17)58(48,49)50)39-41-32-31(59(51,52)53)13-19-12-20(4-6-24(19)33(32)43)36-35(44)37-21-5-7-25-26(15-21)29(42)16-28(34(25)60(54,55)56)40-38-22-9-18(2)10-23(14-22)57(45,46)47/h3-16,42-43H,1-2H3,(H2,36,37,44)(H,45,46,47)(H,48,49,50)(H,51,52,53)(H,54,55,56). The summed E-state index contributed by atoms with van der Waals surface area (Å²) in [5, 5.41) is 41.2. The first-order chi connectivity index (χ1) is 27.8. The van der Waals surface area contributed by atoms with Gasteiger partial charge in [0.25, 0.3) is 40.5 Å². The van der Waals surface area contributed by atoms with E-state index in [-0.39, 0.29) is 38.6 Å². The molecule has 60 heavy (non-hydrogen) atoms. The van der Waals surface area contributed by atoms with Gasteiger partial charge in [0.15, 0.2) is 5.75 Å². The molecule has 312 valence electrons. The van der Waals surface area contributed by atoms with Crippen LogP contribution in [-0.4, -0.2) is 68.1 Å². The fourth-order valence-electron chi connectivity index (χ4n) is 5.87. The van der Waals surface area contributed by atoms with Gasteiger partial charge in [0, 0.05) is 33.6 Å². The number of nitrogens with zero attached hydrogens (tertiary/aromatic N) is 4. The van der Waals surface area contributed by atoms with E-state index in [1.807, 2.05) is 0 Å². The molecule has 0 aliphatic heterocycles. The van der Waals surface area contributed by atoms with Gasteiger partial charge in [0.2, 0.25) is 0 Å². The number of rotatable bonds is 10. The van der Waals surface area contributed by atoms with Crippen molar-refractivity contribution in [3.63, 3.8) is 0 Å². The number of phenolic OH excluding ortho intramolecular Hbond substituents is 2. The maximum absolute atomic E-state index is 13.1. The van der Waals surface area contributed by atoms with Crippen LogP contribution in [0.4, 0.5) is 38.9 Å². The number of anilines is 2. The van der Waals surface area contributed by atoms with Crippen molar-refractivity contribution < 1.29 is 66.9 Å². The molecule has 8 N–H and O–H groups in total. The van der Waals surface area contributed by atoms with Crippen LogP contribution >= 0.6 is 0 Å². The van der Waals surface area contributed by atoms with Gasteiger partial charge in [-0.25, -0.2) is 4.79 Å². The third-order valence-corrected chi connectivity index (χ3v) is 11.9. The summed E-state index contributed by atoms with van der Waals surface area (Å²) in [6.45, 7) is 3.03. The number of nitrogens with one attached hydrogen (secondary N) is 2. The number of urea groups is 1. The van der Waals surface area contributed by atoms with Gasteiger partial charge >= 0.3 is 6.03 Å². The van der Waals surface area contributed by atoms with Gasteiger partial charge in [0.1, 0.15) is 37.5 Å². The minimum atomic E-state index is -5.13. The van der Waals surface area contributed by atoms with Crippen molar-refractivity contribution >= 4 is 102 Å². The highest BCUT2D eigenvalue weighted by atomic mass is 32.2. The van der Waals surface area contributed by atoms with Crippen molar-refractivity contribution in [2.45, 2.75) is 33.4 Å². The molecule has 0 spiro atoms. The Labute approximate surface area is 339 Å². The van der Waals surface area contributed by atoms with Crippen molar-refractivity contribution in [2.24, 2.45) is 20.5 Å². The average molecular weight is 901 g/mol. The maximum Gasteiger partial charge on any atom is 0.323 e. The number of aromatic hydroxyl groups is 2. The minimum absolute atomic E-state index is 0.0112. The molecule has 0 aliphatic carbocycles. The number of hydrogen-bond acceptors (Lipinski definition) is 15. The van der Waals surface area contributed by atoms with Crippen molar-refractivity contribution in [3.05, 3.63) is 96.1 Å². The molecule has 0 aromatic heterocycles. The SMILES string of the molecule is Cc1cc(N=Nc2cc(O)c3cc(NC(=O)Nc4ccc5c(O)c(N=Nc6ccc(C)cc6S(=O)(=O)O)c(S(=O)(=O)O)cc5c4)ccc3c2S(=O)(=O)O)cc(S(=O)(=O)O)c1. The number of carbonyl (C=O) groups excluding carboxylic acids is 1. The van der Waals surface area contributed by atoms with Gasteiger partial charge in [-0.15, -0.1) is 15.3 Å². The van der Waals surface area contributed by atoms with E-state index in [2.05, 4.69) is 31.1 Å². The highest BCUT2D eigenvalue weighted by molar-refractivity contribution is 7.86. The zero-order valence-corrected chi connectivity index (χ0v) is 33.6. The molecule has 0 heterocycles. The molecule has 0 unspecified atom stereocenters. The largest absolute Gasteiger partial charge is 0.507 e. The highest BCUT2D eigenvalue weighted by Gasteiger charge is 2.25. The second kappa shape index (κ2) is 15.6. The lowest BCUT2D eigenvalue weighted by atomic mass is 10.1. The fourth-order valence-corrected chi connectivity index (χ4v) is 8.66. The highest BCUT2D eigenvalue weighted by Crippen LogP contribution is 2.43.